The van der Waals surface area contributed by atoms with E-state index in [1.807, 2.05) is 6.07 Å². The Hall–Kier alpha value is -8.66. The van der Waals surface area contributed by atoms with Gasteiger partial charge in [-0.25, -0.2) is 9.97 Å². The zero-order chi connectivity index (χ0) is 45.1. The molecule has 0 fully saturated rings. The van der Waals surface area contributed by atoms with Gasteiger partial charge in [-0.2, -0.15) is 0 Å². The van der Waals surface area contributed by atoms with Crippen LogP contribution in [0.4, 0.5) is 0 Å². The van der Waals surface area contributed by atoms with Crippen LogP contribution >= 0.6 is 0 Å². The van der Waals surface area contributed by atoms with E-state index in [0.717, 1.165) is 33.7 Å². The fraction of sp³-hybridized carbons (Fsp3) is 0.0462. The van der Waals surface area contributed by atoms with Gasteiger partial charge in [0, 0.05) is 33.4 Å². The van der Waals surface area contributed by atoms with E-state index in [2.05, 4.69) is 237 Å². The van der Waals surface area contributed by atoms with Gasteiger partial charge in [-0.05, 0) is 124 Å². The van der Waals surface area contributed by atoms with E-state index in [4.69, 9.17) is 9.97 Å². The molecule has 13 aromatic rings. The number of rotatable bonds is 5. The number of benzene rings is 11. The predicted octanol–water partition coefficient (Wildman–Crippen LogP) is 17.2. The zero-order valence-corrected chi connectivity index (χ0v) is 37.7. The van der Waals surface area contributed by atoms with Gasteiger partial charge in [0.05, 0.1) is 16.7 Å². The summed E-state index contributed by atoms with van der Waals surface area (Å²) in [5.41, 5.74) is 15.3. The molecule has 0 unspecified atom stereocenters. The molecule has 0 saturated carbocycles. The Bertz CT molecular complexity index is 4160. The molecule has 0 bridgehead atoms. The molecule has 3 nitrogen and oxygen atoms in total. The van der Waals surface area contributed by atoms with Crippen LogP contribution in [0.3, 0.4) is 0 Å². The van der Waals surface area contributed by atoms with Crippen LogP contribution in [0, 0.1) is 0 Å². The van der Waals surface area contributed by atoms with Crippen molar-refractivity contribution in [2.75, 3.05) is 0 Å². The summed E-state index contributed by atoms with van der Waals surface area (Å²) in [6.07, 6.45) is 0. The highest BCUT2D eigenvalue weighted by Crippen LogP contribution is 2.50. The summed E-state index contributed by atoms with van der Waals surface area (Å²) in [5, 5.41) is 12.2. The molecule has 0 aliphatic heterocycles. The lowest BCUT2D eigenvalue weighted by atomic mass is 9.81. The highest BCUT2D eigenvalue weighted by atomic mass is 15.1. The summed E-state index contributed by atoms with van der Waals surface area (Å²) >= 11 is 0. The average Bonchev–Trinajstić information content (AvgIpc) is 3.84. The molecule has 0 radical (unpaired) electrons. The van der Waals surface area contributed by atoms with Crippen LogP contribution in [-0.2, 0) is 5.41 Å². The molecule has 0 saturated heterocycles. The Morgan fingerprint density at radius 3 is 1.72 bits per heavy atom. The van der Waals surface area contributed by atoms with Gasteiger partial charge < -0.3 is 0 Å². The number of aromatic nitrogens is 3. The second-order valence-corrected chi connectivity index (χ2v) is 18.9. The molecule has 0 spiro atoms. The van der Waals surface area contributed by atoms with Crippen LogP contribution in [-0.4, -0.2) is 14.5 Å². The minimum atomic E-state index is -0.0748. The first-order valence-electron chi connectivity index (χ1n) is 23.6. The summed E-state index contributed by atoms with van der Waals surface area (Å²) in [7, 11) is 0. The molecular weight excluding hydrogens is 823 g/mol. The Kier molecular flexibility index (Phi) is 8.33. The lowest BCUT2D eigenvalue weighted by Gasteiger charge is -2.22. The normalized spacial score (nSPS) is 13.0. The van der Waals surface area contributed by atoms with Crippen molar-refractivity contribution >= 4 is 64.9 Å². The Labute approximate surface area is 394 Å². The molecule has 14 rings (SSSR count). The lowest BCUT2D eigenvalue weighted by molar-refractivity contribution is 0.660. The monoisotopic (exact) mass is 865 g/mol. The van der Waals surface area contributed by atoms with E-state index in [1.165, 1.54) is 98.4 Å². The average molecular weight is 866 g/mol. The molecule has 0 atom stereocenters. The largest absolute Gasteiger partial charge is 0.294 e. The Balaban J connectivity index is 1.05. The van der Waals surface area contributed by atoms with Crippen molar-refractivity contribution in [3.63, 3.8) is 0 Å². The molecule has 318 valence electrons. The van der Waals surface area contributed by atoms with Gasteiger partial charge in [-0.15, -0.1) is 0 Å². The minimum Gasteiger partial charge on any atom is -0.294 e. The topological polar surface area (TPSA) is 30.7 Å². The molecule has 1 aliphatic rings. The first-order valence-corrected chi connectivity index (χ1v) is 23.6. The van der Waals surface area contributed by atoms with Crippen LogP contribution < -0.4 is 0 Å². The lowest BCUT2D eigenvalue weighted by Crippen LogP contribution is -2.14. The van der Waals surface area contributed by atoms with Crippen LogP contribution in [0.1, 0.15) is 25.0 Å². The van der Waals surface area contributed by atoms with Crippen molar-refractivity contribution in [2.45, 2.75) is 19.3 Å². The maximum Gasteiger partial charge on any atom is 0.162 e. The molecule has 68 heavy (non-hydrogen) atoms. The molecule has 2 aromatic heterocycles. The van der Waals surface area contributed by atoms with Crippen molar-refractivity contribution in [3.05, 3.63) is 236 Å². The smallest absolute Gasteiger partial charge is 0.162 e. The summed E-state index contributed by atoms with van der Waals surface area (Å²) in [4.78, 5) is 10.6. The van der Waals surface area contributed by atoms with E-state index < -0.39 is 0 Å². The molecular formula is C65H43N3. The second-order valence-electron chi connectivity index (χ2n) is 18.9. The summed E-state index contributed by atoms with van der Waals surface area (Å²) in [5.74, 6) is 1.51. The van der Waals surface area contributed by atoms with Crippen LogP contribution in [0.5, 0.6) is 0 Å². The van der Waals surface area contributed by atoms with Crippen molar-refractivity contribution in [1.29, 1.82) is 0 Å². The first kappa shape index (κ1) is 38.6. The highest BCUT2D eigenvalue weighted by molar-refractivity contribution is 6.29. The predicted molar refractivity (Wildman–Crippen MR) is 286 cm³/mol. The summed E-state index contributed by atoms with van der Waals surface area (Å²) in [6, 6.07) is 82.1. The molecule has 0 amide bonds. The fourth-order valence-electron chi connectivity index (χ4n) is 11.4. The number of hydrogen-bond acceptors (Lipinski definition) is 2. The summed E-state index contributed by atoms with van der Waals surface area (Å²) < 4.78 is 2.37. The third kappa shape index (κ3) is 5.79. The van der Waals surface area contributed by atoms with Crippen molar-refractivity contribution in [1.82, 2.24) is 14.5 Å². The van der Waals surface area contributed by atoms with Crippen LogP contribution in [0.15, 0.2) is 224 Å². The zero-order valence-electron chi connectivity index (χ0n) is 37.7. The van der Waals surface area contributed by atoms with Gasteiger partial charge in [0.25, 0.3) is 0 Å². The molecule has 3 heteroatoms. The Morgan fingerprint density at radius 1 is 0.324 bits per heavy atom. The van der Waals surface area contributed by atoms with Gasteiger partial charge in [-0.1, -0.05) is 196 Å². The van der Waals surface area contributed by atoms with Gasteiger partial charge in [0.1, 0.15) is 5.82 Å². The summed E-state index contributed by atoms with van der Waals surface area (Å²) in [6.45, 7) is 4.72. The molecule has 11 aromatic carbocycles. The van der Waals surface area contributed by atoms with Gasteiger partial charge in [0.2, 0.25) is 0 Å². The third-order valence-corrected chi connectivity index (χ3v) is 14.8. The van der Waals surface area contributed by atoms with Crippen molar-refractivity contribution < 1.29 is 0 Å². The van der Waals surface area contributed by atoms with Crippen molar-refractivity contribution in [3.8, 4) is 61.8 Å². The maximum atomic E-state index is 5.43. The third-order valence-electron chi connectivity index (χ3n) is 14.8. The second kappa shape index (κ2) is 14.7. The number of fused-ring (bicyclic) bond motifs is 13. The van der Waals surface area contributed by atoms with Gasteiger partial charge in [-0.3, -0.25) is 4.57 Å². The van der Waals surface area contributed by atoms with Crippen LogP contribution in [0.25, 0.3) is 127 Å². The first-order chi connectivity index (χ1) is 33.5. The number of hydrogen-bond donors (Lipinski definition) is 0. The highest BCUT2D eigenvalue weighted by Gasteiger charge is 2.35. The SMILES string of the molecule is CC1(C)c2ccccc2-c2ccc(-c3ccc4c(c3)c3ccccc3c3cc5c6cc(-c7cccc8ccccc78)ccc6n(-c6cc(-c7ccccc7)nc(-c7ccccc7)n6)c5cc43)cc21. The standard InChI is InChI=1S/C65H43N3/c1-65(2)58-27-14-13-25-51(58)52-32-29-44(36-59(52)65)43-28-31-50-53(34-43)48-23-11-12-24-49(48)54-37-57-56-35-45(47-26-15-21-40-16-9-10-22-46(40)47)30-33-61(56)68(62(57)38-55(50)54)63-39-60(41-17-5-3-6-18-41)66-64(67-63)42-19-7-4-8-20-42/h3-39H,1-2H3. The van der Waals surface area contributed by atoms with E-state index in [-0.39, 0.29) is 5.41 Å². The van der Waals surface area contributed by atoms with E-state index in [0.29, 0.717) is 5.82 Å². The minimum absolute atomic E-state index is 0.0748. The van der Waals surface area contributed by atoms with Gasteiger partial charge >= 0.3 is 0 Å². The van der Waals surface area contributed by atoms with Gasteiger partial charge in [0.15, 0.2) is 5.82 Å². The van der Waals surface area contributed by atoms with E-state index >= 15 is 0 Å². The quantitative estimate of drug-likeness (QED) is 0.161. The molecule has 2 heterocycles. The molecule has 1 aliphatic carbocycles. The Morgan fingerprint density at radius 2 is 0.897 bits per heavy atom. The van der Waals surface area contributed by atoms with E-state index in [9.17, 15) is 0 Å². The maximum absolute atomic E-state index is 5.43. The fourth-order valence-corrected chi connectivity index (χ4v) is 11.4. The van der Waals surface area contributed by atoms with E-state index in [1.54, 1.807) is 0 Å². The molecule has 0 N–H and O–H groups in total. The van der Waals surface area contributed by atoms with Crippen molar-refractivity contribution in [2.24, 2.45) is 0 Å². The number of nitrogens with zero attached hydrogens (tertiary/aromatic N) is 3. The van der Waals surface area contributed by atoms with Crippen LogP contribution in [0.2, 0.25) is 0 Å².